The van der Waals surface area contributed by atoms with Crippen LogP contribution in [0.4, 0.5) is 0 Å². The molecular formula is C13H20N2O3S. The molecule has 1 aromatic rings. The van der Waals surface area contributed by atoms with Crippen molar-refractivity contribution in [1.82, 2.24) is 9.88 Å². The Hall–Kier alpha value is -1.43. The molecule has 0 saturated heterocycles. The average molecular weight is 284 g/mol. The minimum Gasteiger partial charge on any atom is -0.481 e. The Kier molecular flexibility index (Phi) is 4.68. The molecule has 1 heterocycles. The summed E-state index contributed by atoms with van der Waals surface area (Å²) in [6.45, 7) is 7.55. The summed E-state index contributed by atoms with van der Waals surface area (Å²) in [6.07, 6.45) is 0. The minimum absolute atomic E-state index is 0.368. The topological polar surface area (TPSA) is 70.5 Å². The van der Waals surface area contributed by atoms with Crippen LogP contribution >= 0.6 is 11.3 Å². The largest absolute Gasteiger partial charge is 0.481 e. The Morgan fingerprint density at radius 2 is 2.05 bits per heavy atom. The number of aliphatic carboxylic acids is 1. The first-order valence-corrected chi connectivity index (χ1v) is 6.89. The molecule has 0 aliphatic rings. The van der Waals surface area contributed by atoms with Crippen molar-refractivity contribution in [1.29, 1.82) is 0 Å². The van der Waals surface area contributed by atoms with Crippen molar-refractivity contribution in [2.24, 2.45) is 11.3 Å². The van der Waals surface area contributed by atoms with Crippen molar-refractivity contribution in [2.45, 2.75) is 34.2 Å². The summed E-state index contributed by atoms with van der Waals surface area (Å²) in [5, 5.41) is 9.25. The lowest BCUT2D eigenvalue weighted by Crippen LogP contribution is -2.43. The summed E-state index contributed by atoms with van der Waals surface area (Å²) in [6, 6.07) is 0. The first kappa shape index (κ1) is 15.6. The van der Waals surface area contributed by atoms with Gasteiger partial charge in [0.05, 0.1) is 17.7 Å². The van der Waals surface area contributed by atoms with Gasteiger partial charge in [0, 0.05) is 11.9 Å². The fourth-order valence-corrected chi connectivity index (χ4v) is 2.67. The molecule has 6 heteroatoms. The molecule has 1 unspecified atom stereocenters. The van der Waals surface area contributed by atoms with Crippen molar-refractivity contribution >= 4 is 23.2 Å². The highest BCUT2D eigenvalue weighted by atomic mass is 32.1. The summed E-state index contributed by atoms with van der Waals surface area (Å²) < 4.78 is 0. The van der Waals surface area contributed by atoms with Gasteiger partial charge in [0.15, 0.2) is 0 Å². The van der Waals surface area contributed by atoms with Crippen LogP contribution in [-0.4, -0.2) is 33.9 Å². The van der Waals surface area contributed by atoms with Gasteiger partial charge in [-0.25, -0.2) is 4.98 Å². The molecule has 0 aliphatic heterocycles. The van der Waals surface area contributed by atoms with Crippen LogP contribution in [0.2, 0.25) is 0 Å². The van der Waals surface area contributed by atoms with Gasteiger partial charge in [0.25, 0.3) is 0 Å². The number of rotatable bonds is 4. The Balaban J connectivity index is 2.86. The second kappa shape index (κ2) is 5.69. The molecule has 0 fully saturated rings. The van der Waals surface area contributed by atoms with Crippen LogP contribution in [-0.2, 0) is 16.1 Å². The number of nitrogens with zero attached hydrogens (tertiary/aromatic N) is 2. The number of thiazole rings is 1. The zero-order chi connectivity index (χ0) is 14.8. The third kappa shape index (κ3) is 3.76. The van der Waals surface area contributed by atoms with Gasteiger partial charge in [0.1, 0.15) is 5.92 Å². The number of aryl methyl sites for hydroxylation is 1. The van der Waals surface area contributed by atoms with Crippen molar-refractivity contribution in [3.05, 3.63) is 16.1 Å². The summed E-state index contributed by atoms with van der Waals surface area (Å²) >= 11 is 1.47. The summed E-state index contributed by atoms with van der Waals surface area (Å²) in [4.78, 5) is 30.2. The molecule has 106 valence electrons. The quantitative estimate of drug-likeness (QED) is 0.860. The fraction of sp³-hybridized carbons (Fsp3) is 0.615. The molecule has 5 nitrogen and oxygen atoms in total. The van der Waals surface area contributed by atoms with Gasteiger partial charge in [-0.05, 0) is 12.3 Å². The molecule has 0 spiro atoms. The van der Waals surface area contributed by atoms with E-state index in [0.717, 1.165) is 10.6 Å². The van der Waals surface area contributed by atoms with E-state index in [4.69, 9.17) is 0 Å². The van der Waals surface area contributed by atoms with Crippen molar-refractivity contribution in [2.75, 3.05) is 7.05 Å². The normalized spacial score (nSPS) is 13.1. The van der Waals surface area contributed by atoms with E-state index in [9.17, 15) is 14.7 Å². The van der Waals surface area contributed by atoms with Crippen molar-refractivity contribution < 1.29 is 14.7 Å². The fourth-order valence-electron chi connectivity index (χ4n) is 1.84. The molecule has 0 saturated carbocycles. The number of aromatic nitrogens is 1. The number of carbonyl (C=O) groups excluding carboxylic acids is 1. The van der Waals surface area contributed by atoms with E-state index in [-0.39, 0.29) is 5.91 Å². The van der Waals surface area contributed by atoms with E-state index in [2.05, 4.69) is 4.98 Å². The third-order valence-electron chi connectivity index (χ3n) is 2.96. The van der Waals surface area contributed by atoms with Gasteiger partial charge >= 0.3 is 5.97 Å². The van der Waals surface area contributed by atoms with Crippen LogP contribution in [0.25, 0.3) is 0 Å². The van der Waals surface area contributed by atoms with E-state index in [1.807, 2.05) is 6.92 Å². The molecule has 19 heavy (non-hydrogen) atoms. The Labute approximate surface area is 117 Å². The highest BCUT2D eigenvalue weighted by Gasteiger charge is 2.39. The van der Waals surface area contributed by atoms with Gasteiger partial charge in [-0.2, -0.15) is 0 Å². The summed E-state index contributed by atoms with van der Waals surface area (Å²) in [7, 11) is 1.63. The predicted octanol–water partition coefficient (Wildman–Crippen LogP) is 2.16. The highest BCUT2D eigenvalue weighted by molar-refractivity contribution is 7.09. The monoisotopic (exact) mass is 284 g/mol. The van der Waals surface area contributed by atoms with E-state index < -0.39 is 17.3 Å². The Bertz CT molecular complexity index is 476. The zero-order valence-corrected chi connectivity index (χ0v) is 12.7. The molecule has 0 aliphatic carbocycles. The number of carboxylic acids is 1. The van der Waals surface area contributed by atoms with E-state index >= 15 is 0 Å². The first-order valence-electron chi connectivity index (χ1n) is 6.01. The number of carboxylic acid groups (broad SMARTS) is 1. The molecule has 1 aromatic heterocycles. The molecule has 1 amide bonds. The van der Waals surface area contributed by atoms with Crippen LogP contribution < -0.4 is 0 Å². The smallest absolute Gasteiger partial charge is 0.316 e. The van der Waals surface area contributed by atoms with Gasteiger partial charge in [0.2, 0.25) is 5.91 Å². The number of hydrogen-bond donors (Lipinski definition) is 1. The third-order valence-corrected chi connectivity index (χ3v) is 3.88. The molecule has 1 N–H and O–H groups in total. The Morgan fingerprint density at radius 1 is 1.47 bits per heavy atom. The zero-order valence-electron chi connectivity index (χ0n) is 11.9. The van der Waals surface area contributed by atoms with Crippen LogP contribution in [0.1, 0.15) is 31.3 Å². The van der Waals surface area contributed by atoms with E-state index in [0.29, 0.717) is 6.54 Å². The Morgan fingerprint density at radius 3 is 2.42 bits per heavy atom. The highest BCUT2D eigenvalue weighted by Crippen LogP contribution is 2.28. The van der Waals surface area contributed by atoms with Crippen molar-refractivity contribution in [3.63, 3.8) is 0 Å². The molecule has 1 rings (SSSR count). The van der Waals surface area contributed by atoms with Gasteiger partial charge in [-0.1, -0.05) is 20.8 Å². The standard InChI is InChI=1S/C13H20N2O3S/c1-8-9(19-7-14-8)6-15(5)11(16)10(12(17)18)13(2,3)4/h7,10H,6H2,1-5H3,(H,17,18). The number of amides is 1. The SMILES string of the molecule is Cc1ncsc1CN(C)C(=O)C(C(=O)O)C(C)(C)C. The maximum absolute atomic E-state index is 12.3. The van der Waals surface area contributed by atoms with Crippen LogP contribution in [0, 0.1) is 18.3 Å². The summed E-state index contributed by atoms with van der Waals surface area (Å²) in [5.41, 5.74) is 1.99. The molecule has 0 bridgehead atoms. The number of carbonyl (C=O) groups is 2. The second-order valence-electron chi connectivity index (χ2n) is 5.69. The minimum atomic E-state index is -1.08. The van der Waals surface area contributed by atoms with Gasteiger partial charge < -0.3 is 10.0 Å². The first-order chi connectivity index (χ1) is 8.64. The lowest BCUT2D eigenvalue weighted by Gasteiger charge is -2.29. The second-order valence-corrected chi connectivity index (χ2v) is 6.63. The van der Waals surface area contributed by atoms with Crippen molar-refractivity contribution in [3.8, 4) is 0 Å². The van der Waals surface area contributed by atoms with Crippen LogP contribution in [0.5, 0.6) is 0 Å². The van der Waals surface area contributed by atoms with Gasteiger partial charge in [-0.3, -0.25) is 9.59 Å². The lowest BCUT2D eigenvalue weighted by atomic mass is 9.80. The molecule has 0 radical (unpaired) electrons. The molecular weight excluding hydrogens is 264 g/mol. The maximum Gasteiger partial charge on any atom is 0.316 e. The molecule has 1 atom stereocenters. The molecule has 0 aromatic carbocycles. The van der Waals surface area contributed by atoms with Crippen LogP contribution in [0.3, 0.4) is 0 Å². The lowest BCUT2D eigenvalue weighted by molar-refractivity contribution is -0.155. The van der Waals surface area contributed by atoms with E-state index in [1.165, 1.54) is 16.2 Å². The van der Waals surface area contributed by atoms with Gasteiger partial charge in [-0.15, -0.1) is 11.3 Å². The summed E-state index contributed by atoms with van der Waals surface area (Å²) in [5.74, 6) is -2.48. The number of hydrogen-bond acceptors (Lipinski definition) is 4. The van der Waals surface area contributed by atoms with Crippen LogP contribution in [0.15, 0.2) is 5.51 Å². The average Bonchev–Trinajstić information content (AvgIpc) is 2.61. The maximum atomic E-state index is 12.3. The predicted molar refractivity (Wildman–Crippen MR) is 73.9 cm³/mol. The van der Waals surface area contributed by atoms with E-state index in [1.54, 1.807) is 33.3 Å².